The standard InChI is InChI=1S/C11H18N10/c1-19-3-2-4-20(6-5-19)10-15-9(18-12)16-11(17-10)21-8-13-7-14-21/h7-8H,2-6,12H2,1H3,(H,15,16,17,18). The SMILES string of the molecule is CN1CCCN(c2nc(NN)nc(-n3cncn3)n2)CC1. The number of hydrazine groups is 1. The van der Waals surface area contributed by atoms with Gasteiger partial charge in [0.05, 0.1) is 0 Å². The Bertz CT molecular complexity index is 583. The van der Waals surface area contributed by atoms with Crippen LogP contribution in [0.4, 0.5) is 11.9 Å². The zero-order valence-electron chi connectivity index (χ0n) is 11.8. The second-order valence-corrected chi connectivity index (χ2v) is 4.89. The summed E-state index contributed by atoms with van der Waals surface area (Å²) in [6.07, 6.45) is 4.03. The lowest BCUT2D eigenvalue weighted by molar-refractivity contribution is 0.360. The molecule has 10 heteroatoms. The number of hydrogen-bond acceptors (Lipinski definition) is 9. The van der Waals surface area contributed by atoms with Gasteiger partial charge in [-0.15, -0.1) is 0 Å². The van der Waals surface area contributed by atoms with Crippen molar-refractivity contribution in [1.29, 1.82) is 0 Å². The van der Waals surface area contributed by atoms with Crippen LogP contribution in [0.2, 0.25) is 0 Å². The van der Waals surface area contributed by atoms with E-state index in [1.165, 1.54) is 17.3 Å². The molecule has 0 aromatic carbocycles. The van der Waals surface area contributed by atoms with Gasteiger partial charge in [0.25, 0.3) is 5.95 Å². The fourth-order valence-corrected chi connectivity index (χ4v) is 2.22. The van der Waals surface area contributed by atoms with Gasteiger partial charge in [-0.05, 0) is 20.0 Å². The smallest absolute Gasteiger partial charge is 0.258 e. The minimum atomic E-state index is 0.308. The quantitative estimate of drug-likeness (QED) is 0.536. The van der Waals surface area contributed by atoms with E-state index < -0.39 is 0 Å². The van der Waals surface area contributed by atoms with Crippen LogP contribution in [0.15, 0.2) is 12.7 Å². The lowest BCUT2D eigenvalue weighted by atomic mass is 10.4. The van der Waals surface area contributed by atoms with Crippen LogP contribution in [0, 0.1) is 0 Å². The van der Waals surface area contributed by atoms with Crippen LogP contribution in [-0.4, -0.2) is 67.8 Å². The maximum atomic E-state index is 5.45. The molecular formula is C11H18N10. The van der Waals surface area contributed by atoms with Gasteiger partial charge in [-0.25, -0.2) is 10.8 Å². The highest BCUT2D eigenvalue weighted by molar-refractivity contribution is 5.39. The first-order chi connectivity index (χ1) is 10.3. The summed E-state index contributed by atoms with van der Waals surface area (Å²) in [7, 11) is 2.12. The number of nitrogens with zero attached hydrogens (tertiary/aromatic N) is 8. The molecule has 1 aliphatic heterocycles. The molecule has 0 spiro atoms. The number of nitrogen functional groups attached to an aromatic ring is 1. The van der Waals surface area contributed by atoms with Gasteiger partial charge in [0, 0.05) is 19.6 Å². The average molecular weight is 290 g/mol. The van der Waals surface area contributed by atoms with Crippen molar-refractivity contribution in [3.8, 4) is 5.95 Å². The predicted octanol–water partition coefficient (Wildman–Crippen LogP) is -1.12. The molecule has 0 aliphatic carbocycles. The van der Waals surface area contributed by atoms with Gasteiger partial charge in [-0.3, -0.25) is 5.43 Å². The molecule has 0 saturated carbocycles. The number of nitrogens with two attached hydrogens (primary N) is 1. The maximum absolute atomic E-state index is 5.45. The van der Waals surface area contributed by atoms with Gasteiger partial charge in [0.2, 0.25) is 11.9 Å². The Morgan fingerprint density at radius 2 is 1.95 bits per heavy atom. The van der Waals surface area contributed by atoms with Crippen molar-refractivity contribution in [2.75, 3.05) is 43.6 Å². The summed E-state index contributed by atoms with van der Waals surface area (Å²) in [5.74, 6) is 6.74. The Morgan fingerprint density at radius 1 is 1.10 bits per heavy atom. The van der Waals surface area contributed by atoms with Crippen molar-refractivity contribution >= 4 is 11.9 Å². The molecular weight excluding hydrogens is 272 g/mol. The Balaban J connectivity index is 1.92. The van der Waals surface area contributed by atoms with Crippen LogP contribution in [0.1, 0.15) is 6.42 Å². The Morgan fingerprint density at radius 3 is 2.71 bits per heavy atom. The Labute approximate surface area is 122 Å². The minimum absolute atomic E-state index is 0.308. The van der Waals surface area contributed by atoms with Crippen LogP contribution >= 0.6 is 0 Å². The molecule has 2 aromatic rings. The normalized spacial score (nSPS) is 16.8. The third-order valence-corrected chi connectivity index (χ3v) is 3.37. The van der Waals surface area contributed by atoms with Gasteiger partial charge in [0.15, 0.2) is 0 Å². The van der Waals surface area contributed by atoms with Crippen molar-refractivity contribution in [1.82, 2.24) is 34.6 Å². The van der Waals surface area contributed by atoms with Gasteiger partial charge < -0.3 is 9.80 Å². The topological polar surface area (TPSA) is 114 Å². The summed E-state index contributed by atoms with van der Waals surface area (Å²) in [4.78, 5) is 21.3. The molecule has 21 heavy (non-hydrogen) atoms. The van der Waals surface area contributed by atoms with Crippen molar-refractivity contribution in [3.63, 3.8) is 0 Å². The van der Waals surface area contributed by atoms with Crippen LogP contribution in [0.5, 0.6) is 0 Å². The van der Waals surface area contributed by atoms with Crippen molar-refractivity contribution in [2.45, 2.75) is 6.42 Å². The number of likely N-dealkylation sites (N-methyl/N-ethyl adjacent to an activating group) is 1. The first-order valence-corrected chi connectivity index (χ1v) is 6.77. The highest BCUT2D eigenvalue weighted by Gasteiger charge is 2.17. The molecule has 0 bridgehead atoms. The van der Waals surface area contributed by atoms with E-state index in [9.17, 15) is 0 Å². The first kappa shape index (κ1) is 13.6. The first-order valence-electron chi connectivity index (χ1n) is 6.77. The summed E-state index contributed by atoms with van der Waals surface area (Å²) in [6, 6.07) is 0. The molecule has 1 fully saturated rings. The van der Waals surface area contributed by atoms with E-state index >= 15 is 0 Å². The minimum Gasteiger partial charge on any atom is -0.339 e. The highest BCUT2D eigenvalue weighted by atomic mass is 15.4. The molecule has 3 N–H and O–H groups in total. The van der Waals surface area contributed by atoms with Gasteiger partial charge in [0.1, 0.15) is 12.7 Å². The molecule has 10 nitrogen and oxygen atoms in total. The Hall–Kier alpha value is -2.33. The molecule has 2 aromatic heterocycles. The highest BCUT2D eigenvalue weighted by Crippen LogP contribution is 2.14. The van der Waals surface area contributed by atoms with Crippen LogP contribution in [0.3, 0.4) is 0 Å². The van der Waals surface area contributed by atoms with E-state index in [4.69, 9.17) is 5.84 Å². The van der Waals surface area contributed by atoms with Crippen molar-refractivity contribution in [2.24, 2.45) is 5.84 Å². The number of aromatic nitrogens is 6. The van der Waals surface area contributed by atoms with Crippen molar-refractivity contribution < 1.29 is 0 Å². The predicted molar refractivity (Wildman–Crippen MR) is 76.9 cm³/mol. The van der Waals surface area contributed by atoms with Crippen LogP contribution < -0.4 is 16.2 Å². The molecule has 0 amide bonds. The van der Waals surface area contributed by atoms with Gasteiger partial charge in [-0.2, -0.15) is 24.7 Å². The van der Waals surface area contributed by atoms with E-state index in [2.05, 4.69) is 47.3 Å². The molecule has 0 radical (unpaired) electrons. The fourth-order valence-electron chi connectivity index (χ4n) is 2.22. The second-order valence-electron chi connectivity index (χ2n) is 4.89. The largest absolute Gasteiger partial charge is 0.339 e. The summed E-state index contributed by atoms with van der Waals surface area (Å²) >= 11 is 0. The summed E-state index contributed by atoms with van der Waals surface area (Å²) < 4.78 is 1.48. The molecule has 3 heterocycles. The number of rotatable bonds is 3. The fraction of sp³-hybridized carbons (Fsp3) is 0.545. The summed E-state index contributed by atoms with van der Waals surface area (Å²) in [5.41, 5.74) is 2.47. The number of anilines is 2. The second kappa shape index (κ2) is 5.97. The molecule has 112 valence electrons. The number of hydrogen-bond donors (Lipinski definition) is 2. The van der Waals surface area contributed by atoms with Gasteiger partial charge in [-0.1, -0.05) is 0 Å². The number of nitrogens with one attached hydrogen (secondary N) is 1. The van der Waals surface area contributed by atoms with E-state index in [-0.39, 0.29) is 0 Å². The van der Waals surface area contributed by atoms with E-state index in [0.717, 1.165) is 32.6 Å². The zero-order valence-corrected chi connectivity index (χ0v) is 11.8. The van der Waals surface area contributed by atoms with E-state index in [1.54, 1.807) is 0 Å². The maximum Gasteiger partial charge on any atom is 0.258 e. The average Bonchev–Trinajstić information content (AvgIpc) is 2.96. The van der Waals surface area contributed by atoms with Crippen LogP contribution in [0.25, 0.3) is 5.95 Å². The lowest BCUT2D eigenvalue weighted by Gasteiger charge is -2.21. The monoisotopic (exact) mass is 290 g/mol. The molecule has 0 unspecified atom stereocenters. The van der Waals surface area contributed by atoms with E-state index in [0.29, 0.717) is 17.8 Å². The third-order valence-electron chi connectivity index (χ3n) is 3.37. The molecule has 0 atom stereocenters. The van der Waals surface area contributed by atoms with Crippen LogP contribution in [-0.2, 0) is 0 Å². The molecule has 1 saturated heterocycles. The van der Waals surface area contributed by atoms with Gasteiger partial charge >= 0.3 is 0 Å². The Kier molecular flexibility index (Phi) is 3.88. The zero-order chi connectivity index (χ0) is 14.7. The molecule has 3 rings (SSSR count). The van der Waals surface area contributed by atoms with E-state index in [1.807, 2.05) is 0 Å². The van der Waals surface area contributed by atoms with Crippen molar-refractivity contribution in [3.05, 3.63) is 12.7 Å². The summed E-state index contributed by atoms with van der Waals surface area (Å²) in [6.45, 7) is 3.80. The third kappa shape index (κ3) is 3.06. The molecule has 1 aliphatic rings. The lowest BCUT2D eigenvalue weighted by Crippen LogP contribution is -2.31. The summed E-state index contributed by atoms with van der Waals surface area (Å²) in [5, 5.41) is 4.04.